The van der Waals surface area contributed by atoms with E-state index in [9.17, 15) is 28.1 Å². The Morgan fingerprint density at radius 2 is 2.00 bits per heavy atom. The molecule has 0 aromatic heterocycles. The highest BCUT2D eigenvalue weighted by molar-refractivity contribution is 6.31. The van der Waals surface area contributed by atoms with Gasteiger partial charge in [-0.25, -0.2) is 0 Å². The predicted molar refractivity (Wildman–Crippen MR) is 97.8 cm³/mol. The van der Waals surface area contributed by atoms with Gasteiger partial charge in [-0.05, 0) is 18.2 Å². The molecule has 2 N–H and O–H groups in total. The molecule has 0 spiro atoms. The second kappa shape index (κ2) is 8.79. The second-order valence-electron chi connectivity index (χ2n) is 5.59. The third-order valence-electron chi connectivity index (χ3n) is 3.43. The summed E-state index contributed by atoms with van der Waals surface area (Å²) in [6.45, 7) is 1.48. The molecule has 1 amide bonds. The summed E-state index contributed by atoms with van der Waals surface area (Å²) in [5, 5.41) is 15.7. The van der Waals surface area contributed by atoms with Gasteiger partial charge >= 0.3 is 6.18 Å². The second-order valence-corrected chi connectivity index (χ2v) is 6.00. The smallest absolute Gasteiger partial charge is 0.418 e. The summed E-state index contributed by atoms with van der Waals surface area (Å²) in [5.41, 5.74) is -1.65. The molecule has 7 nitrogen and oxygen atoms in total. The number of hydrogen-bond donors (Lipinski definition) is 2. The van der Waals surface area contributed by atoms with E-state index < -0.39 is 27.4 Å². The highest BCUT2D eigenvalue weighted by atomic mass is 35.5. The molecule has 0 atom stereocenters. The zero-order valence-corrected chi connectivity index (χ0v) is 15.2. The molecule has 0 aliphatic heterocycles. The molecule has 0 unspecified atom stereocenters. The Morgan fingerprint density at radius 1 is 1.29 bits per heavy atom. The van der Waals surface area contributed by atoms with Crippen molar-refractivity contribution in [3.05, 3.63) is 57.1 Å². The van der Waals surface area contributed by atoms with Crippen molar-refractivity contribution in [2.75, 3.05) is 23.8 Å². The fraction of sp³-hybridized carbons (Fsp3) is 0.235. The minimum absolute atomic E-state index is 0.0549. The van der Waals surface area contributed by atoms with E-state index in [-0.39, 0.29) is 24.7 Å². The van der Waals surface area contributed by atoms with Crippen LogP contribution in [-0.2, 0) is 11.0 Å². The molecule has 2 rings (SSSR count). The molecule has 0 fully saturated rings. The van der Waals surface area contributed by atoms with Crippen molar-refractivity contribution in [1.82, 2.24) is 0 Å². The Hall–Kier alpha value is -3.01. The largest absolute Gasteiger partial charge is 0.492 e. The van der Waals surface area contributed by atoms with Gasteiger partial charge in [-0.15, -0.1) is 0 Å². The first kappa shape index (κ1) is 21.3. The molecule has 0 saturated carbocycles. The first-order chi connectivity index (χ1) is 13.1. The first-order valence-electron chi connectivity index (χ1n) is 7.87. The maximum absolute atomic E-state index is 12.9. The number of hydrogen-bond acceptors (Lipinski definition) is 5. The molecular weight excluding hydrogens is 403 g/mol. The number of nitrogens with one attached hydrogen (secondary N) is 2. The molecular formula is C17H15ClF3N3O4. The van der Waals surface area contributed by atoms with Gasteiger partial charge in [-0.3, -0.25) is 14.9 Å². The van der Waals surface area contributed by atoms with Crippen molar-refractivity contribution in [2.24, 2.45) is 0 Å². The molecule has 0 aliphatic rings. The molecule has 0 bridgehead atoms. The third kappa shape index (κ3) is 5.74. The number of amides is 1. The summed E-state index contributed by atoms with van der Waals surface area (Å²) in [6.07, 6.45) is -4.80. The summed E-state index contributed by atoms with van der Waals surface area (Å²) < 4.78 is 44.0. The van der Waals surface area contributed by atoms with E-state index in [1.165, 1.54) is 6.92 Å². The Bertz CT molecular complexity index is 890. The number of anilines is 2. The summed E-state index contributed by atoms with van der Waals surface area (Å²) in [5.74, 6) is 0.193. The van der Waals surface area contributed by atoms with Crippen LogP contribution >= 0.6 is 11.6 Å². The van der Waals surface area contributed by atoms with Crippen LogP contribution < -0.4 is 15.4 Å². The fourth-order valence-electron chi connectivity index (χ4n) is 2.29. The van der Waals surface area contributed by atoms with Crippen LogP contribution in [0.3, 0.4) is 0 Å². The SMILES string of the molecule is CC(=O)Nc1cccc(OCCNc2cc(Cl)c(C(F)(F)F)cc2[N+](=O)[O-])c1. The summed E-state index contributed by atoms with van der Waals surface area (Å²) in [7, 11) is 0. The maximum Gasteiger partial charge on any atom is 0.418 e. The van der Waals surface area contributed by atoms with Crippen LogP contribution in [0.15, 0.2) is 36.4 Å². The van der Waals surface area contributed by atoms with E-state index >= 15 is 0 Å². The molecule has 0 radical (unpaired) electrons. The van der Waals surface area contributed by atoms with Crippen molar-refractivity contribution in [1.29, 1.82) is 0 Å². The van der Waals surface area contributed by atoms with Gasteiger partial charge in [-0.1, -0.05) is 17.7 Å². The van der Waals surface area contributed by atoms with Gasteiger partial charge in [0, 0.05) is 31.3 Å². The van der Waals surface area contributed by atoms with E-state index in [1.54, 1.807) is 24.3 Å². The van der Waals surface area contributed by atoms with Gasteiger partial charge in [0.25, 0.3) is 5.69 Å². The number of nitrogens with zero attached hydrogens (tertiary/aromatic N) is 1. The summed E-state index contributed by atoms with van der Waals surface area (Å²) in [4.78, 5) is 21.2. The minimum atomic E-state index is -4.80. The molecule has 0 heterocycles. The number of ether oxygens (including phenoxy) is 1. The summed E-state index contributed by atoms with van der Waals surface area (Å²) in [6, 6.07) is 7.80. The van der Waals surface area contributed by atoms with Crippen LogP contribution in [0.25, 0.3) is 0 Å². The predicted octanol–water partition coefficient (Wildman–Crippen LogP) is 4.72. The Morgan fingerprint density at radius 3 is 2.61 bits per heavy atom. The fourth-order valence-corrected chi connectivity index (χ4v) is 2.56. The number of nitro benzene ring substituents is 1. The number of rotatable bonds is 7. The van der Waals surface area contributed by atoms with Gasteiger partial charge in [0.05, 0.1) is 15.5 Å². The molecule has 150 valence electrons. The lowest BCUT2D eigenvalue weighted by Gasteiger charge is -2.13. The minimum Gasteiger partial charge on any atom is -0.492 e. The zero-order valence-electron chi connectivity index (χ0n) is 14.5. The van der Waals surface area contributed by atoms with E-state index in [1.807, 2.05) is 0 Å². The molecule has 0 saturated heterocycles. The Labute approximate surface area is 162 Å². The van der Waals surface area contributed by atoms with E-state index in [4.69, 9.17) is 16.3 Å². The van der Waals surface area contributed by atoms with Crippen LogP contribution in [-0.4, -0.2) is 24.0 Å². The van der Waals surface area contributed by atoms with E-state index in [2.05, 4.69) is 10.6 Å². The van der Waals surface area contributed by atoms with Gasteiger partial charge in [0.2, 0.25) is 5.91 Å². The number of carbonyl (C=O) groups is 1. The number of benzene rings is 2. The van der Waals surface area contributed by atoms with Gasteiger partial charge in [-0.2, -0.15) is 13.2 Å². The van der Waals surface area contributed by atoms with Crippen molar-refractivity contribution in [3.63, 3.8) is 0 Å². The van der Waals surface area contributed by atoms with Crippen molar-refractivity contribution < 1.29 is 27.6 Å². The van der Waals surface area contributed by atoms with Crippen molar-refractivity contribution in [2.45, 2.75) is 13.1 Å². The van der Waals surface area contributed by atoms with E-state index in [0.717, 1.165) is 6.07 Å². The molecule has 0 aliphatic carbocycles. The maximum atomic E-state index is 12.9. The van der Waals surface area contributed by atoms with Crippen LogP contribution in [0.5, 0.6) is 5.75 Å². The average molecular weight is 418 g/mol. The average Bonchev–Trinajstić information content (AvgIpc) is 2.57. The lowest BCUT2D eigenvalue weighted by molar-refractivity contribution is -0.384. The Kier molecular flexibility index (Phi) is 6.68. The molecule has 2 aromatic carbocycles. The van der Waals surface area contributed by atoms with Gasteiger partial charge in [0.15, 0.2) is 0 Å². The number of halogens is 4. The van der Waals surface area contributed by atoms with E-state index in [0.29, 0.717) is 17.5 Å². The zero-order chi connectivity index (χ0) is 20.9. The summed E-state index contributed by atoms with van der Waals surface area (Å²) >= 11 is 5.61. The number of carbonyl (C=O) groups excluding carboxylic acids is 1. The highest BCUT2D eigenvalue weighted by Crippen LogP contribution is 2.40. The standard InChI is InChI=1S/C17H15ClF3N3O4/c1-10(25)23-11-3-2-4-12(7-11)28-6-5-22-15-9-14(18)13(17(19,20)21)8-16(15)24(26)27/h2-4,7-9,22H,5-6H2,1H3,(H,23,25). The van der Waals surface area contributed by atoms with Crippen LogP contribution in [0.2, 0.25) is 5.02 Å². The van der Waals surface area contributed by atoms with Crippen LogP contribution in [0.1, 0.15) is 12.5 Å². The van der Waals surface area contributed by atoms with Crippen LogP contribution in [0, 0.1) is 10.1 Å². The number of alkyl halides is 3. The molecule has 2 aromatic rings. The normalized spacial score (nSPS) is 11.0. The van der Waals surface area contributed by atoms with Crippen molar-refractivity contribution in [3.8, 4) is 5.75 Å². The Balaban J connectivity index is 2.04. The first-order valence-corrected chi connectivity index (χ1v) is 8.25. The third-order valence-corrected chi connectivity index (χ3v) is 3.74. The van der Waals surface area contributed by atoms with Gasteiger partial charge in [0.1, 0.15) is 18.0 Å². The quantitative estimate of drug-likeness (QED) is 0.386. The van der Waals surface area contributed by atoms with Crippen molar-refractivity contribution >= 4 is 34.6 Å². The monoisotopic (exact) mass is 417 g/mol. The van der Waals surface area contributed by atoms with Crippen LogP contribution in [0.4, 0.5) is 30.2 Å². The lowest BCUT2D eigenvalue weighted by Crippen LogP contribution is -2.14. The molecule has 11 heteroatoms. The highest BCUT2D eigenvalue weighted by Gasteiger charge is 2.36. The molecule has 28 heavy (non-hydrogen) atoms. The lowest BCUT2D eigenvalue weighted by atomic mass is 10.1. The number of nitro groups is 1. The van der Waals surface area contributed by atoms with Gasteiger partial charge < -0.3 is 15.4 Å². The topological polar surface area (TPSA) is 93.5 Å².